The van der Waals surface area contributed by atoms with Crippen molar-refractivity contribution in [3.8, 4) is 23.0 Å². The normalized spacial score (nSPS) is 11.7. The maximum absolute atomic E-state index is 12.9. The van der Waals surface area contributed by atoms with Crippen LogP contribution in [-0.2, 0) is 9.59 Å². The Hall–Kier alpha value is -3.33. The number of anilines is 1. The number of benzene rings is 2. The fourth-order valence-electron chi connectivity index (χ4n) is 2.93. The number of nitrogens with zero attached hydrogens (tertiary/aromatic N) is 2. The molecule has 0 aliphatic heterocycles. The van der Waals surface area contributed by atoms with Gasteiger partial charge >= 0.3 is 0 Å². The predicted molar refractivity (Wildman–Crippen MR) is 130 cm³/mol. The number of carbonyl (C=O) groups is 2. The zero-order chi connectivity index (χ0) is 25.1. The summed E-state index contributed by atoms with van der Waals surface area (Å²) in [5, 5.41) is 10.9. The first-order chi connectivity index (χ1) is 16.4. The molecule has 9 nitrogen and oxygen atoms in total. The molecule has 0 aromatic heterocycles. The van der Waals surface area contributed by atoms with E-state index in [1.165, 1.54) is 6.92 Å². The van der Waals surface area contributed by atoms with Crippen LogP contribution in [0.5, 0.6) is 23.0 Å². The molecule has 34 heavy (non-hydrogen) atoms. The minimum absolute atomic E-state index is 0.223. The third-order valence-corrected chi connectivity index (χ3v) is 4.72. The third-order valence-electron chi connectivity index (χ3n) is 4.36. The Balaban J connectivity index is 2.28. The number of hydrogen-bond donors (Lipinski definition) is 1. The highest BCUT2D eigenvalue weighted by atomic mass is 35.5. The van der Waals surface area contributed by atoms with Crippen LogP contribution in [0.1, 0.15) is 34.6 Å². The smallest absolute Gasteiger partial charge is 0.258 e. The lowest BCUT2D eigenvalue weighted by molar-refractivity contribution is -0.126. The van der Waals surface area contributed by atoms with Gasteiger partial charge in [0.1, 0.15) is 10.8 Å². The first kappa shape index (κ1) is 26.9. The summed E-state index contributed by atoms with van der Waals surface area (Å²) in [7, 11) is 0. The number of hydrogen-bond acceptors (Lipinski definition) is 8. The molecular weight excluding hydrogens is 462 g/mol. The highest BCUT2D eigenvalue weighted by Gasteiger charge is 2.25. The first-order valence-electron chi connectivity index (χ1n) is 11.1. The van der Waals surface area contributed by atoms with Gasteiger partial charge in [-0.3, -0.25) is 9.59 Å². The van der Waals surface area contributed by atoms with E-state index < -0.39 is 17.7 Å². The van der Waals surface area contributed by atoms with Crippen LogP contribution < -0.4 is 24.3 Å². The summed E-state index contributed by atoms with van der Waals surface area (Å²) in [6.07, 6.45) is 0. The Bertz CT molecular complexity index is 1030. The summed E-state index contributed by atoms with van der Waals surface area (Å²) >= 11 is 6.38. The molecule has 0 bridgehead atoms. The van der Waals surface area contributed by atoms with Crippen LogP contribution in [0.25, 0.3) is 0 Å². The summed E-state index contributed by atoms with van der Waals surface area (Å²) in [5.74, 6) is 0.584. The second kappa shape index (κ2) is 13.4. The average molecular weight is 492 g/mol. The molecule has 1 unspecified atom stereocenters. The van der Waals surface area contributed by atoms with Gasteiger partial charge in [-0.15, -0.1) is 0 Å². The van der Waals surface area contributed by atoms with Crippen molar-refractivity contribution in [2.24, 2.45) is 10.2 Å². The zero-order valence-corrected chi connectivity index (χ0v) is 20.8. The largest absolute Gasteiger partial charge is 0.492 e. The van der Waals surface area contributed by atoms with E-state index in [9.17, 15) is 9.59 Å². The number of nitrogens with one attached hydrogen (secondary N) is 1. The maximum Gasteiger partial charge on any atom is 0.258 e. The molecule has 0 saturated heterocycles. The van der Waals surface area contributed by atoms with Gasteiger partial charge < -0.3 is 24.3 Å². The first-order valence-corrected chi connectivity index (χ1v) is 11.4. The number of Topliss-reactive ketones (excluding diaryl/α,β-unsaturated/α-hetero) is 1. The van der Waals surface area contributed by atoms with Crippen molar-refractivity contribution in [1.29, 1.82) is 0 Å². The van der Waals surface area contributed by atoms with Crippen molar-refractivity contribution in [3.63, 3.8) is 0 Å². The molecule has 1 amide bonds. The van der Waals surface area contributed by atoms with Crippen LogP contribution in [0.2, 0.25) is 5.02 Å². The molecule has 0 aliphatic rings. The van der Waals surface area contributed by atoms with E-state index in [4.69, 9.17) is 30.5 Å². The lowest BCUT2D eigenvalue weighted by Crippen LogP contribution is -2.32. The highest BCUT2D eigenvalue weighted by molar-refractivity contribution is 6.34. The summed E-state index contributed by atoms with van der Waals surface area (Å²) in [4.78, 5) is 25.1. The molecule has 1 atom stereocenters. The molecule has 0 spiro atoms. The Morgan fingerprint density at radius 3 is 2.09 bits per heavy atom. The van der Waals surface area contributed by atoms with Crippen molar-refractivity contribution in [2.45, 2.75) is 40.7 Å². The second-order valence-electron chi connectivity index (χ2n) is 6.84. The SMILES string of the molecule is CCOc1ccc(N=NC(C(C)=O)C(=O)Nc2ccc(OCC)c(Cl)c2OCC)cc1OCC. The van der Waals surface area contributed by atoms with Gasteiger partial charge in [-0.2, -0.15) is 10.2 Å². The molecule has 10 heteroatoms. The lowest BCUT2D eigenvalue weighted by Gasteiger charge is -2.17. The molecule has 2 rings (SSSR count). The Morgan fingerprint density at radius 1 is 0.882 bits per heavy atom. The van der Waals surface area contributed by atoms with Crippen molar-refractivity contribution in [1.82, 2.24) is 0 Å². The molecule has 184 valence electrons. The number of halogens is 1. The molecule has 0 heterocycles. The van der Waals surface area contributed by atoms with Gasteiger partial charge in [-0.05, 0) is 58.9 Å². The topological polar surface area (TPSA) is 108 Å². The zero-order valence-electron chi connectivity index (χ0n) is 20.0. The standard InChI is InChI=1S/C24H30ClN3O6/c1-6-31-18-12-10-16(14-20(18)33-8-3)27-28-22(15(5)29)24(30)26-17-11-13-19(32-7-2)21(25)23(17)34-9-4/h10-14,22H,6-9H2,1-5H3,(H,26,30). The van der Waals surface area contributed by atoms with Gasteiger partial charge in [0, 0.05) is 6.07 Å². The van der Waals surface area contributed by atoms with Crippen LogP contribution in [0.15, 0.2) is 40.6 Å². The van der Waals surface area contributed by atoms with Gasteiger partial charge in [0.25, 0.3) is 5.91 Å². The second-order valence-corrected chi connectivity index (χ2v) is 7.21. The average Bonchev–Trinajstić information content (AvgIpc) is 2.80. The summed E-state index contributed by atoms with van der Waals surface area (Å²) in [6.45, 7) is 10.2. The molecular formula is C24H30ClN3O6. The fraction of sp³-hybridized carbons (Fsp3) is 0.417. The Labute approximate surface area is 204 Å². The molecule has 0 radical (unpaired) electrons. The number of carbonyl (C=O) groups excluding carboxylic acids is 2. The van der Waals surface area contributed by atoms with Gasteiger partial charge in [0.05, 0.1) is 37.8 Å². The highest BCUT2D eigenvalue weighted by Crippen LogP contribution is 2.40. The number of ether oxygens (including phenoxy) is 4. The fourth-order valence-corrected chi connectivity index (χ4v) is 3.21. The van der Waals surface area contributed by atoms with Crippen LogP contribution >= 0.6 is 11.6 Å². The van der Waals surface area contributed by atoms with E-state index in [-0.39, 0.29) is 10.8 Å². The van der Waals surface area contributed by atoms with Gasteiger partial charge in [-0.25, -0.2) is 0 Å². The Kier molecular flexibility index (Phi) is 10.6. The summed E-state index contributed by atoms with van der Waals surface area (Å²) in [5.41, 5.74) is 0.700. The third kappa shape index (κ3) is 7.08. The van der Waals surface area contributed by atoms with E-state index in [2.05, 4.69) is 15.5 Å². The van der Waals surface area contributed by atoms with E-state index >= 15 is 0 Å². The van der Waals surface area contributed by atoms with Crippen LogP contribution in [0.3, 0.4) is 0 Å². The number of ketones is 1. The van der Waals surface area contributed by atoms with E-state index in [0.29, 0.717) is 55.1 Å². The molecule has 0 aliphatic carbocycles. The number of amides is 1. The number of rotatable bonds is 13. The van der Waals surface area contributed by atoms with Crippen LogP contribution in [-0.4, -0.2) is 44.2 Å². The molecule has 1 N–H and O–H groups in total. The predicted octanol–water partition coefficient (Wildman–Crippen LogP) is 5.61. The van der Waals surface area contributed by atoms with Crippen molar-refractivity contribution < 1.29 is 28.5 Å². The van der Waals surface area contributed by atoms with Crippen LogP contribution in [0, 0.1) is 0 Å². The lowest BCUT2D eigenvalue weighted by atomic mass is 10.2. The van der Waals surface area contributed by atoms with E-state index in [1.807, 2.05) is 20.8 Å². The van der Waals surface area contributed by atoms with Crippen molar-refractivity contribution >= 4 is 34.7 Å². The monoisotopic (exact) mass is 491 g/mol. The molecule has 2 aromatic rings. The van der Waals surface area contributed by atoms with E-state index in [1.54, 1.807) is 37.3 Å². The van der Waals surface area contributed by atoms with E-state index in [0.717, 1.165) is 0 Å². The minimum Gasteiger partial charge on any atom is -0.492 e. The quantitative estimate of drug-likeness (QED) is 0.288. The van der Waals surface area contributed by atoms with Crippen molar-refractivity contribution in [2.75, 3.05) is 31.7 Å². The molecule has 0 fully saturated rings. The Morgan fingerprint density at radius 2 is 1.47 bits per heavy atom. The van der Waals surface area contributed by atoms with Crippen LogP contribution in [0.4, 0.5) is 11.4 Å². The van der Waals surface area contributed by atoms with Gasteiger partial charge in [0.2, 0.25) is 6.04 Å². The molecule has 0 saturated carbocycles. The minimum atomic E-state index is -1.37. The van der Waals surface area contributed by atoms with Crippen molar-refractivity contribution in [3.05, 3.63) is 35.4 Å². The molecule has 2 aromatic carbocycles. The number of azo groups is 1. The summed E-state index contributed by atoms with van der Waals surface area (Å²) < 4.78 is 22.2. The van der Waals surface area contributed by atoms with Gasteiger partial charge in [0.15, 0.2) is 23.0 Å². The summed E-state index contributed by atoms with van der Waals surface area (Å²) in [6, 6.07) is 6.82. The van der Waals surface area contributed by atoms with Gasteiger partial charge in [-0.1, -0.05) is 11.6 Å². The maximum atomic E-state index is 12.9.